The third kappa shape index (κ3) is 2.44. The SMILES string of the molecule is CCCNc1cccc([N+](=O)[O-])c1C#N. The van der Waals surface area contributed by atoms with Gasteiger partial charge in [-0.2, -0.15) is 5.26 Å². The molecule has 0 saturated carbocycles. The highest BCUT2D eigenvalue weighted by Gasteiger charge is 2.16. The van der Waals surface area contributed by atoms with Crippen LogP contribution in [-0.4, -0.2) is 11.5 Å². The van der Waals surface area contributed by atoms with Crippen molar-refractivity contribution in [3.8, 4) is 6.07 Å². The minimum atomic E-state index is -0.546. The molecule has 0 heterocycles. The highest BCUT2D eigenvalue weighted by atomic mass is 16.6. The zero-order chi connectivity index (χ0) is 11.3. The third-order valence-electron chi connectivity index (χ3n) is 1.92. The molecule has 1 rings (SSSR count). The minimum Gasteiger partial charge on any atom is -0.384 e. The zero-order valence-corrected chi connectivity index (χ0v) is 8.36. The average Bonchev–Trinajstić information content (AvgIpc) is 2.25. The van der Waals surface area contributed by atoms with Crippen LogP contribution in [0.1, 0.15) is 18.9 Å². The Morgan fingerprint density at radius 1 is 1.60 bits per heavy atom. The topological polar surface area (TPSA) is 79.0 Å². The van der Waals surface area contributed by atoms with Crippen LogP contribution in [0.3, 0.4) is 0 Å². The van der Waals surface area contributed by atoms with E-state index < -0.39 is 4.92 Å². The second-order valence-electron chi connectivity index (χ2n) is 3.00. The lowest BCUT2D eigenvalue weighted by atomic mass is 10.1. The summed E-state index contributed by atoms with van der Waals surface area (Å²) in [6.07, 6.45) is 0.896. The Balaban J connectivity index is 3.12. The van der Waals surface area contributed by atoms with Gasteiger partial charge in [0.25, 0.3) is 5.69 Å². The van der Waals surface area contributed by atoms with Gasteiger partial charge in [0, 0.05) is 12.6 Å². The number of anilines is 1. The number of hydrogen-bond acceptors (Lipinski definition) is 4. The summed E-state index contributed by atoms with van der Waals surface area (Å²) < 4.78 is 0. The second kappa shape index (κ2) is 4.96. The van der Waals surface area contributed by atoms with E-state index in [0.29, 0.717) is 12.2 Å². The fourth-order valence-corrected chi connectivity index (χ4v) is 1.22. The molecule has 78 valence electrons. The van der Waals surface area contributed by atoms with Crippen LogP contribution in [-0.2, 0) is 0 Å². The Labute approximate surface area is 87.5 Å². The van der Waals surface area contributed by atoms with Gasteiger partial charge < -0.3 is 5.32 Å². The van der Waals surface area contributed by atoms with Crippen LogP contribution in [0.2, 0.25) is 0 Å². The van der Waals surface area contributed by atoms with E-state index in [1.807, 2.05) is 13.0 Å². The van der Waals surface area contributed by atoms with Crippen molar-refractivity contribution < 1.29 is 4.92 Å². The molecule has 0 radical (unpaired) electrons. The average molecular weight is 205 g/mol. The Hall–Kier alpha value is -2.09. The van der Waals surface area contributed by atoms with Gasteiger partial charge in [0.1, 0.15) is 6.07 Å². The van der Waals surface area contributed by atoms with Crippen LogP contribution in [0.15, 0.2) is 18.2 Å². The molecule has 0 saturated heterocycles. The molecule has 0 spiro atoms. The molecule has 1 N–H and O–H groups in total. The molecule has 0 amide bonds. The predicted molar refractivity (Wildman–Crippen MR) is 56.6 cm³/mol. The standard InChI is InChI=1S/C10H11N3O2/c1-2-6-12-9-4-3-5-10(13(14)15)8(9)7-11/h3-5,12H,2,6H2,1H3. The fraction of sp³-hybridized carbons (Fsp3) is 0.300. The molecule has 1 aromatic carbocycles. The van der Waals surface area contributed by atoms with Gasteiger partial charge >= 0.3 is 0 Å². The first-order valence-corrected chi connectivity index (χ1v) is 4.62. The van der Waals surface area contributed by atoms with Gasteiger partial charge in [0.15, 0.2) is 5.56 Å². The Kier molecular flexibility index (Phi) is 3.63. The summed E-state index contributed by atoms with van der Waals surface area (Å²) in [5, 5.41) is 22.5. The highest BCUT2D eigenvalue weighted by molar-refractivity contribution is 5.66. The maximum atomic E-state index is 10.6. The minimum absolute atomic E-state index is 0.0935. The lowest BCUT2D eigenvalue weighted by Crippen LogP contribution is -2.03. The summed E-state index contributed by atoms with van der Waals surface area (Å²) in [4.78, 5) is 10.1. The van der Waals surface area contributed by atoms with E-state index in [-0.39, 0.29) is 11.3 Å². The molecule has 1 aromatic rings. The molecule has 5 heteroatoms. The molecule has 0 fully saturated rings. The molecule has 0 bridgehead atoms. The van der Waals surface area contributed by atoms with Crippen LogP contribution in [0.25, 0.3) is 0 Å². The summed E-state index contributed by atoms with van der Waals surface area (Å²) in [6, 6.07) is 6.41. The van der Waals surface area contributed by atoms with E-state index in [1.165, 1.54) is 6.07 Å². The van der Waals surface area contributed by atoms with Crippen LogP contribution in [0.4, 0.5) is 11.4 Å². The first-order chi connectivity index (χ1) is 7.20. The number of benzene rings is 1. The molecular weight excluding hydrogens is 194 g/mol. The summed E-state index contributed by atoms with van der Waals surface area (Å²) in [5.41, 5.74) is 0.461. The molecule has 15 heavy (non-hydrogen) atoms. The zero-order valence-electron chi connectivity index (χ0n) is 8.36. The summed E-state index contributed by atoms with van der Waals surface area (Å²) in [7, 11) is 0. The quantitative estimate of drug-likeness (QED) is 0.604. The predicted octanol–water partition coefficient (Wildman–Crippen LogP) is 2.29. The van der Waals surface area contributed by atoms with Crippen molar-refractivity contribution >= 4 is 11.4 Å². The van der Waals surface area contributed by atoms with Crippen molar-refractivity contribution in [2.45, 2.75) is 13.3 Å². The van der Waals surface area contributed by atoms with E-state index in [9.17, 15) is 10.1 Å². The molecule has 0 aliphatic rings. The Morgan fingerprint density at radius 2 is 2.33 bits per heavy atom. The van der Waals surface area contributed by atoms with E-state index in [4.69, 9.17) is 5.26 Å². The molecule has 5 nitrogen and oxygen atoms in total. The van der Waals surface area contributed by atoms with Gasteiger partial charge in [0.05, 0.1) is 10.6 Å². The fourth-order valence-electron chi connectivity index (χ4n) is 1.22. The molecule has 0 aromatic heterocycles. The first-order valence-electron chi connectivity index (χ1n) is 4.62. The maximum absolute atomic E-state index is 10.6. The number of rotatable bonds is 4. The number of nitrogens with one attached hydrogen (secondary N) is 1. The van der Waals surface area contributed by atoms with Gasteiger partial charge in [-0.1, -0.05) is 13.0 Å². The van der Waals surface area contributed by atoms with Crippen LogP contribution >= 0.6 is 0 Å². The van der Waals surface area contributed by atoms with Crippen molar-refractivity contribution in [3.63, 3.8) is 0 Å². The number of nitrogens with zero attached hydrogens (tertiary/aromatic N) is 2. The van der Waals surface area contributed by atoms with Gasteiger partial charge in [-0.3, -0.25) is 10.1 Å². The van der Waals surface area contributed by atoms with Crippen LogP contribution in [0, 0.1) is 21.4 Å². The number of nitro benzene ring substituents is 1. The number of nitro groups is 1. The van der Waals surface area contributed by atoms with Crippen LogP contribution < -0.4 is 5.32 Å². The maximum Gasteiger partial charge on any atom is 0.289 e. The molecule has 0 atom stereocenters. The highest BCUT2D eigenvalue weighted by Crippen LogP contribution is 2.25. The molecular formula is C10H11N3O2. The third-order valence-corrected chi connectivity index (χ3v) is 1.92. The molecule has 0 aliphatic heterocycles. The van der Waals surface area contributed by atoms with E-state index >= 15 is 0 Å². The van der Waals surface area contributed by atoms with E-state index in [2.05, 4.69) is 5.32 Å². The van der Waals surface area contributed by atoms with E-state index in [1.54, 1.807) is 12.1 Å². The monoisotopic (exact) mass is 205 g/mol. The van der Waals surface area contributed by atoms with Crippen molar-refractivity contribution in [2.24, 2.45) is 0 Å². The number of hydrogen-bond donors (Lipinski definition) is 1. The summed E-state index contributed by atoms with van der Waals surface area (Å²) in [6.45, 7) is 2.67. The summed E-state index contributed by atoms with van der Waals surface area (Å²) in [5.74, 6) is 0. The molecule has 0 aliphatic carbocycles. The van der Waals surface area contributed by atoms with E-state index in [0.717, 1.165) is 6.42 Å². The van der Waals surface area contributed by atoms with Crippen molar-refractivity contribution in [3.05, 3.63) is 33.9 Å². The second-order valence-corrected chi connectivity index (χ2v) is 3.00. The van der Waals surface area contributed by atoms with Gasteiger partial charge in [-0.25, -0.2) is 0 Å². The largest absolute Gasteiger partial charge is 0.384 e. The summed E-state index contributed by atoms with van der Waals surface area (Å²) >= 11 is 0. The van der Waals surface area contributed by atoms with Crippen molar-refractivity contribution in [1.82, 2.24) is 0 Å². The lowest BCUT2D eigenvalue weighted by Gasteiger charge is -2.06. The molecule has 0 unspecified atom stereocenters. The Morgan fingerprint density at radius 3 is 2.87 bits per heavy atom. The smallest absolute Gasteiger partial charge is 0.289 e. The first kappa shape index (κ1) is 11.0. The van der Waals surface area contributed by atoms with Gasteiger partial charge in [-0.05, 0) is 12.5 Å². The number of nitriles is 1. The van der Waals surface area contributed by atoms with Crippen molar-refractivity contribution in [2.75, 3.05) is 11.9 Å². The van der Waals surface area contributed by atoms with Crippen LogP contribution in [0.5, 0.6) is 0 Å². The lowest BCUT2D eigenvalue weighted by molar-refractivity contribution is -0.385. The van der Waals surface area contributed by atoms with Gasteiger partial charge in [-0.15, -0.1) is 0 Å². The van der Waals surface area contributed by atoms with Crippen molar-refractivity contribution in [1.29, 1.82) is 5.26 Å². The Bertz CT molecular complexity index is 410. The van der Waals surface area contributed by atoms with Gasteiger partial charge in [0.2, 0.25) is 0 Å². The normalized spacial score (nSPS) is 9.33.